The van der Waals surface area contributed by atoms with E-state index in [1.807, 2.05) is 43.4 Å². The molecule has 2 aromatic rings. The van der Waals surface area contributed by atoms with Crippen LogP contribution in [-0.4, -0.2) is 13.8 Å². The van der Waals surface area contributed by atoms with E-state index < -0.39 is 0 Å². The van der Waals surface area contributed by atoms with Crippen molar-refractivity contribution in [3.05, 3.63) is 45.3 Å². The normalized spacial score (nSPS) is 10.1. The molecule has 2 aromatic carbocycles. The van der Waals surface area contributed by atoms with Crippen LogP contribution in [0.3, 0.4) is 0 Å². The van der Waals surface area contributed by atoms with E-state index in [4.69, 9.17) is 0 Å². The first-order chi connectivity index (χ1) is 9.13. The molecule has 0 unspecified atom stereocenters. The molecule has 19 heavy (non-hydrogen) atoms. The summed E-state index contributed by atoms with van der Waals surface area (Å²) in [5.41, 5.74) is 3.70. The van der Waals surface area contributed by atoms with Crippen LogP contribution < -0.4 is 10.6 Å². The van der Waals surface area contributed by atoms with Gasteiger partial charge in [-0.05, 0) is 43.1 Å². The van der Waals surface area contributed by atoms with Gasteiger partial charge in [-0.15, -0.1) is 0 Å². The topological polar surface area (TPSA) is 36.4 Å². The summed E-state index contributed by atoms with van der Waals surface area (Å²) < 4.78 is 1.99. The standard InChI is InChI=1S/C14H13Br2N3/c1-17-11-5-3-10(16)8-14(11)19-12-6-4-9(15)7-13(12)18-2/h3-8,17,19H,2H2,1H3. The van der Waals surface area contributed by atoms with Crippen molar-refractivity contribution in [3.63, 3.8) is 0 Å². The Kier molecular flexibility index (Phi) is 4.61. The molecule has 0 bridgehead atoms. The Morgan fingerprint density at radius 2 is 1.58 bits per heavy atom. The van der Waals surface area contributed by atoms with Crippen molar-refractivity contribution in [1.82, 2.24) is 0 Å². The van der Waals surface area contributed by atoms with Gasteiger partial charge in [0.15, 0.2) is 0 Å². The van der Waals surface area contributed by atoms with Crippen molar-refractivity contribution in [3.8, 4) is 0 Å². The minimum Gasteiger partial charge on any atom is -0.386 e. The number of aliphatic imine (C=N–C) groups is 1. The smallest absolute Gasteiger partial charge is 0.0868 e. The number of halogens is 2. The highest BCUT2D eigenvalue weighted by atomic mass is 79.9. The van der Waals surface area contributed by atoms with Crippen LogP contribution in [0.5, 0.6) is 0 Å². The van der Waals surface area contributed by atoms with E-state index in [1.54, 1.807) is 0 Å². The maximum absolute atomic E-state index is 4.03. The highest BCUT2D eigenvalue weighted by Gasteiger charge is 2.06. The van der Waals surface area contributed by atoms with Crippen molar-refractivity contribution in [2.24, 2.45) is 4.99 Å². The van der Waals surface area contributed by atoms with Crippen LogP contribution in [0.15, 0.2) is 50.3 Å². The lowest BCUT2D eigenvalue weighted by atomic mass is 10.2. The second-order valence-electron chi connectivity index (χ2n) is 3.88. The van der Waals surface area contributed by atoms with Crippen LogP contribution in [0.1, 0.15) is 0 Å². The highest BCUT2D eigenvalue weighted by Crippen LogP contribution is 2.34. The fraction of sp³-hybridized carbons (Fsp3) is 0.0714. The molecule has 0 radical (unpaired) electrons. The number of anilines is 3. The highest BCUT2D eigenvalue weighted by molar-refractivity contribution is 9.10. The first kappa shape index (κ1) is 14.1. The van der Waals surface area contributed by atoms with Crippen LogP contribution >= 0.6 is 31.9 Å². The second kappa shape index (κ2) is 6.21. The predicted octanol–water partition coefficient (Wildman–Crippen LogP) is 5.33. The molecule has 98 valence electrons. The summed E-state index contributed by atoms with van der Waals surface area (Å²) in [5, 5.41) is 6.52. The summed E-state index contributed by atoms with van der Waals surface area (Å²) >= 11 is 6.90. The van der Waals surface area contributed by atoms with Crippen molar-refractivity contribution < 1.29 is 0 Å². The van der Waals surface area contributed by atoms with Gasteiger partial charge < -0.3 is 10.6 Å². The zero-order chi connectivity index (χ0) is 13.8. The fourth-order valence-corrected chi connectivity index (χ4v) is 2.43. The average molecular weight is 383 g/mol. The third kappa shape index (κ3) is 3.36. The molecule has 2 N–H and O–H groups in total. The molecule has 0 fully saturated rings. The van der Waals surface area contributed by atoms with Gasteiger partial charge in [0.2, 0.25) is 0 Å². The minimum absolute atomic E-state index is 0.802. The molecule has 0 spiro atoms. The average Bonchev–Trinajstić information content (AvgIpc) is 2.41. The number of benzene rings is 2. The lowest BCUT2D eigenvalue weighted by Crippen LogP contribution is -1.97. The molecular formula is C14H13Br2N3. The second-order valence-corrected chi connectivity index (χ2v) is 5.72. The molecule has 0 aromatic heterocycles. The summed E-state index contributed by atoms with van der Waals surface area (Å²) in [7, 11) is 1.89. The Bertz CT molecular complexity index is 612. The van der Waals surface area contributed by atoms with Gasteiger partial charge in [0, 0.05) is 16.0 Å². The van der Waals surface area contributed by atoms with Crippen molar-refractivity contribution in [2.75, 3.05) is 17.7 Å². The molecule has 0 saturated carbocycles. The van der Waals surface area contributed by atoms with Gasteiger partial charge in [0.25, 0.3) is 0 Å². The Morgan fingerprint density at radius 1 is 0.947 bits per heavy atom. The van der Waals surface area contributed by atoms with Crippen molar-refractivity contribution >= 4 is 61.3 Å². The Morgan fingerprint density at radius 3 is 2.21 bits per heavy atom. The van der Waals surface area contributed by atoms with Crippen molar-refractivity contribution in [2.45, 2.75) is 0 Å². The lowest BCUT2D eigenvalue weighted by molar-refractivity contribution is 1.44. The van der Waals surface area contributed by atoms with Crippen LogP contribution in [0.25, 0.3) is 0 Å². The van der Waals surface area contributed by atoms with E-state index in [0.29, 0.717) is 0 Å². The lowest BCUT2D eigenvalue weighted by Gasteiger charge is -2.14. The van der Waals surface area contributed by atoms with Gasteiger partial charge in [-0.2, -0.15) is 0 Å². The summed E-state index contributed by atoms with van der Waals surface area (Å²) in [6, 6.07) is 11.9. The SMILES string of the molecule is C=Nc1cc(Br)ccc1Nc1cc(Br)ccc1NC. The quantitative estimate of drug-likeness (QED) is 0.701. The minimum atomic E-state index is 0.802. The van der Waals surface area contributed by atoms with E-state index >= 15 is 0 Å². The molecule has 2 rings (SSSR count). The first-order valence-electron chi connectivity index (χ1n) is 5.64. The van der Waals surface area contributed by atoms with E-state index in [0.717, 1.165) is 31.7 Å². The summed E-state index contributed by atoms with van der Waals surface area (Å²) in [6.45, 7) is 3.60. The summed E-state index contributed by atoms with van der Waals surface area (Å²) in [6.07, 6.45) is 0. The Balaban J connectivity index is 2.40. The maximum atomic E-state index is 4.03. The van der Waals surface area contributed by atoms with Gasteiger partial charge in [0.05, 0.1) is 22.7 Å². The zero-order valence-corrected chi connectivity index (χ0v) is 13.5. The van der Waals surface area contributed by atoms with Crippen LogP contribution in [0.2, 0.25) is 0 Å². The third-order valence-electron chi connectivity index (χ3n) is 2.65. The summed E-state index contributed by atoms with van der Waals surface area (Å²) in [5.74, 6) is 0. The van der Waals surface area contributed by atoms with Gasteiger partial charge in [-0.1, -0.05) is 31.9 Å². The van der Waals surface area contributed by atoms with Crippen molar-refractivity contribution in [1.29, 1.82) is 0 Å². The first-order valence-corrected chi connectivity index (χ1v) is 7.23. The van der Waals surface area contributed by atoms with Gasteiger partial charge in [0.1, 0.15) is 0 Å². The Hall–Kier alpha value is -1.33. The number of hydrogen-bond acceptors (Lipinski definition) is 3. The fourth-order valence-electron chi connectivity index (χ4n) is 1.72. The molecule has 3 nitrogen and oxygen atoms in total. The predicted molar refractivity (Wildman–Crippen MR) is 90.3 cm³/mol. The number of rotatable bonds is 4. The third-order valence-corrected chi connectivity index (χ3v) is 3.64. The molecule has 0 aliphatic heterocycles. The molecule has 0 saturated heterocycles. The number of hydrogen-bond donors (Lipinski definition) is 2. The van der Waals surface area contributed by atoms with E-state index in [2.05, 4.69) is 54.2 Å². The molecule has 0 aliphatic rings. The largest absolute Gasteiger partial charge is 0.386 e. The van der Waals surface area contributed by atoms with E-state index in [-0.39, 0.29) is 0 Å². The van der Waals surface area contributed by atoms with Gasteiger partial charge in [-0.25, -0.2) is 0 Å². The molecule has 0 aliphatic carbocycles. The van der Waals surface area contributed by atoms with E-state index in [9.17, 15) is 0 Å². The zero-order valence-electron chi connectivity index (χ0n) is 10.4. The van der Waals surface area contributed by atoms with E-state index in [1.165, 1.54) is 0 Å². The molecule has 0 atom stereocenters. The van der Waals surface area contributed by atoms with Crippen LogP contribution in [0.4, 0.5) is 22.7 Å². The summed E-state index contributed by atoms with van der Waals surface area (Å²) in [4.78, 5) is 4.03. The number of nitrogens with one attached hydrogen (secondary N) is 2. The van der Waals surface area contributed by atoms with Gasteiger partial charge in [-0.3, -0.25) is 4.99 Å². The molecule has 0 amide bonds. The van der Waals surface area contributed by atoms with Crippen LogP contribution in [0, 0.1) is 0 Å². The molecule has 0 heterocycles. The Labute approximate surface area is 129 Å². The molecule has 5 heteroatoms. The molecular weight excluding hydrogens is 370 g/mol. The monoisotopic (exact) mass is 381 g/mol. The van der Waals surface area contributed by atoms with Crippen LogP contribution in [-0.2, 0) is 0 Å². The maximum Gasteiger partial charge on any atom is 0.0868 e. The van der Waals surface area contributed by atoms with Gasteiger partial charge >= 0.3 is 0 Å². The number of nitrogens with zero attached hydrogens (tertiary/aromatic N) is 1.